The normalized spacial score (nSPS) is 11.1. The summed E-state index contributed by atoms with van der Waals surface area (Å²) in [5.74, 6) is 0.238. The number of carbonyl (C=O) groups excluding carboxylic acids is 1. The Hall–Kier alpha value is -1.82. The highest BCUT2D eigenvalue weighted by Crippen LogP contribution is 2.19. The first-order valence-corrected chi connectivity index (χ1v) is 7.24. The van der Waals surface area contributed by atoms with E-state index in [1.165, 1.54) is 0 Å². The number of halogens is 1. The Kier molecular flexibility index (Phi) is 4.67. The Morgan fingerprint density at radius 3 is 2.76 bits per heavy atom. The second kappa shape index (κ2) is 6.30. The Balaban J connectivity index is 2.04. The van der Waals surface area contributed by atoms with Crippen LogP contribution in [0.2, 0.25) is 5.02 Å². The molecule has 6 nitrogen and oxygen atoms in total. The van der Waals surface area contributed by atoms with Gasteiger partial charge in [-0.1, -0.05) is 25.4 Å². The van der Waals surface area contributed by atoms with Crippen molar-refractivity contribution in [3.63, 3.8) is 0 Å². The van der Waals surface area contributed by atoms with Crippen molar-refractivity contribution in [1.82, 2.24) is 24.6 Å². The average Bonchev–Trinajstić information content (AvgIpc) is 2.95. The standard InChI is InChI=1S/C14H20ClN5O/c1-9(2)7-20-8-16-5-11(20)6-17-14(21)13-12(15)10(3)19(4)18-13/h5,8-9H,6-7H2,1-4H3,(H,17,21). The lowest BCUT2D eigenvalue weighted by atomic mass is 10.2. The second-order valence-corrected chi connectivity index (χ2v) is 5.86. The van der Waals surface area contributed by atoms with E-state index < -0.39 is 0 Å². The summed E-state index contributed by atoms with van der Waals surface area (Å²) in [6.07, 6.45) is 3.54. The predicted octanol–water partition coefficient (Wildman–Crippen LogP) is 2.16. The van der Waals surface area contributed by atoms with Crippen LogP contribution in [0.25, 0.3) is 0 Å². The van der Waals surface area contributed by atoms with E-state index in [-0.39, 0.29) is 11.6 Å². The van der Waals surface area contributed by atoms with Gasteiger partial charge in [-0.15, -0.1) is 0 Å². The lowest BCUT2D eigenvalue weighted by Crippen LogP contribution is -2.25. The number of nitrogens with one attached hydrogen (secondary N) is 1. The lowest BCUT2D eigenvalue weighted by Gasteiger charge is -2.10. The van der Waals surface area contributed by atoms with Crippen LogP contribution in [0.3, 0.4) is 0 Å². The molecule has 0 aliphatic heterocycles. The summed E-state index contributed by atoms with van der Waals surface area (Å²) in [5, 5.41) is 7.36. The van der Waals surface area contributed by atoms with Gasteiger partial charge in [-0.25, -0.2) is 4.98 Å². The number of carbonyl (C=O) groups is 1. The second-order valence-electron chi connectivity index (χ2n) is 5.49. The van der Waals surface area contributed by atoms with Crippen molar-refractivity contribution in [2.45, 2.75) is 33.9 Å². The largest absolute Gasteiger partial charge is 0.345 e. The number of hydrogen-bond donors (Lipinski definition) is 1. The molecule has 0 bridgehead atoms. The Morgan fingerprint density at radius 2 is 2.19 bits per heavy atom. The molecule has 7 heteroatoms. The Morgan fingerprint density at radius 1 is 1.48 bits per heavy atom. The van der Waals surface area contributed by atoms with E-state index in [2.05, 4.69) is 29.2 Å². The van der Waals surface area contributed by atoms with E-state index in [4.69, 9.17) is 11.6 Å². The van der Waals surface area contributed by atoms with Gasteiger partial charge in [0.15, 0.2) is 5.69 Å². The van der Waals surface area contributed by atoms with Crippen LogP contribution in [0.5, 0.6) is 0 Å². The first-order valence-electron chi connectivity index (χ1n) is 6.86. The molecule has 1 amide bonds. The van der Waals surface area contributed by atoms with E-state index >= 15 is 0 Å². The predicted molar refractivity (Wildman–Crippen MR) is 81.2 cm³/mol. The molecule has 0 aliphatic rings. The molecule has 2 heterocycles. The van der Waals surface area contributed by atoms with Gasteiger partial charge in [0, 0.05) is 19.8 Å². The molecule has 0 unspecified atom stereocenters. The van der Waals surface area contributed by atoms with Crippen molar-refractivity contribution in [2.75, 3.05) is 0 Å². The summed E-state index contributed by atoms with van der Waals surface area (Å²) in [6.45, 7) is 7.37. The summed E-state index contributed by atoms with van der Waals surface area (Å²) in [7, 11) is 1.76. The average molecular weight is 310 g/mol. The molecule has 0 radical (unpaired) electrons. The number of nitrogens with zero attached hydrogens (tertiary/aromatic N) is 4. The maximum absolute atomic E-state index is 12.2. The van der Waals surface area contributed by atoms with Crippen molar-refractivity contribution in [2.24, 2.45) is 13.0 Å². The smallest absolute Gasteiger partial charge is 0.273 e. The van der Waals surface area contributed by atoms with Gasteiger partial charge in [-0.3, -0.25) is 9.48 Å². The monoisotopic (exact) mass is 309 g/mol. The number of aromatic nitrogens is 4. The van der Waals surface area contributed by atoms with Gasteiger partial charge in [-0.2, -0.15) is 5.10 Å². The summed E-state index contributed by atoms with van der Waals surface area (Å²) < 4.78 is 3.64. The van der Waals surface area contributed by atoms with Gasteiger partial charge < -0.3 is 9.88 Å². The van der Waals surface area contributed by atoms with Gasteiger partial charge in [0.2, 0.25) is 0 Å². The molecule has 0 saturated heterocycles. The van der Waals surface area contributed by atoms with E-state index in [1.807, 2.05) is 11.5 Å². The van der Waals surface area contributed by atoms with E-state index in [1.54, 1.807) is 24.3 Å². The highest BCUT2D eigenvalue weighted by Gasteiger charge is 2.18. The van der Waals surface area contributed by atoms with E-state index in [0.29, 0.717) is 17.5 Å². The summed E-state index contributed by atoms with van der Waals surface area (Å²) in [4.78, 5) is 16.3. The first kappa shape index (κ1) is 15.6. The zero-order chi connectivity index (χ0) is 15.6. The van der Waals surface area contributed by atoms with Crippen molar-refractivity contribution < 1.29 is 4.79 Å². The highest BCUT2D eigenvalue weighted by molar-refractivity contribution is 6.34. The van der Waals surface area contributed by atoms with Crippen LogP contribution < -0.4 is 5.32 Å². The van der Waals surface area contributed by atoms with E-state index in [0.717, 1.165) is 17.9 Å². The highest BCUT2D eigenvalue weighted by atomic mass is 35.5. The van der Waals surface area contributed by atoms with Crippen LogP contribution >= 0.6 is 11.6 Å². The molecule has 2 aromatic heterocycles. The fraction of sp³-hybridized carbons (Fsp3) is 0.500. The third kappa shape index (κ3) is 3.44. The van der Waals surface area contributed by atoms with E-state index in [9.17, 15) is 4.79 Å². The van der Waals surface area contributed by atoms with Crippen LogP contribution in [0, 0.1) is 12.8 Å². The third-order valence-corrected chi connectivity index (χ3v) is 3.72. The number of aryl methyl sites for hydroxylation is 1. The number of imidazole rings is 1. The molecule has 0 spiro atoms. The maximum Gasteiger partial charge on any atom is 0.273 e. The van der Waals surface area contributed by atoms with Crippen molar-refractivity contribution in [3.05, 3.63) is 34.6 Å². The van der Waals surface area contributed by atoms with Gasteiger partial charge in [0.25, 0.3) is 5.91 Å². The minimum atomic E-state index is -0.277. The van der Waals surface area contributed by atoms with Gasteiger partial charge >= 0.3 is 0 Å². The molecule has 1 N–H and O–H groups in total. The van der Waals surface area contributed by atoms with Crippen molar-refractivity contribution >= 4 is 17.5 Å². The molecule has 114 valence electrons. The summed E-state index contributed by atoms with van der Waals surface area (Å²) >= 11 is 6.11. The van der Waals surface area contributed by atoms with Crippen LogP contribution in [-0.2, 0) is 20.1 Å². The molecule has 2 rings (SSSR count). The fourth-order valence-corrected chi connectivity index (χ4v) is 2.28. The topological polar surface area (TPSA) is 64.7 Å². The fourth-order valence-electron chi connectivity index (χ4n) is 2.04. The van der Waals surface area contributed by atoms with Crippen molar-refractivity contribution in [1.29, 1.82) is 0 Å². The molecule has 2 aromatic rings. The minimum absolute atomic E-state index is 0.256. The van der Waals surface area contributed by atoms with Crippen LogP contribution in [-0.4, -0.2) is 25.2 Å². The molecule has 21 heavy (non-hydrogen) atoms. The van der Waals surface area contributed by atoms with Crippen molar-refractivity contribution in [3.8, 4) is 0 Å². The minimum Gasteiger partial charge on any atom is -0.345 e. The molecule has 0 saturated carbocycles. The summed E-state index contributed by atoms with van der Waals surface area (Å²) in [6, 6.07) is 0. The van der Waals surface area contributed by atoms with Gasteiger partial charge in [0.1, 0.15) is 0 Å². The number of amides is 1. The Bertz CT molecular complexity index is 644. The number of rotatable bonds is 5. The zero-order valence-corrected chi connectivity index (χ0v) is 13.5. The molecular weight excluding hydrogens is 290 g/mol. The maximum atomic E-state index is 12.2. The van der Waals surface area contributed by atoms with Crippen LogP contribution in [0.1, 0.15) is 35.7 Å². The van der Waals surface area contributed by atoms with Gasteiger partial charge in [-0.05, 0) is 12.8 Å². The summed E-state index contributed by atoms with van der Waals surface area (Å²) in [5.41, 5.74) is 1.99. The van der Waals surface area contributed by atoms with Crippen LogP contribution in [0.4, 0.5) is 0 Å². The molecule has 0 aromatic carbocycles. The Labute approximate surface area is 129 Å². The molecule has 0 aliphatic carbocycles. The lowest BCUT2D eigenvalue weighted by molar-refractivity contribution is 0.0944. The zero-order valence-electron chi connectivity index (χ0n) is 12.7. The quantitative estimate of drug-likeness (QED) is 0.920. The molecule has 0 atom stereocenters. The van der Waals surface area contributed by atoms with Crippen LogP contribution in [0.15, 0.2) is 12.5 Å². The molecule has 0 fully saturated rings. The first-order chi connectivity index (χ1) is 9.90. The SMILES string of the molecule is Cc1c(Cl)c(C(=O)NCc2cncn2CC(C)C)nn1C. The molecular formula is C14H20ClN5O. The van der Waals surface area contributed by atoms with Gasteiger partial charge in [0.05, 0.1) is 29.3 Å². The third-order valence-electron chi connectivity index (χ3n) is 3.27. The number of hydrogen-bond acceptors (Lipinski definition) is 3.